The molecule has 136 valence electrons. The number of nitrogens with zero attached hydrogens (tertiary/aromatic N) is 3. The standard InChI is InChI=1S/C19H27N3O3/c1-14-11-21(12-17(14)20(2)3)19(24)13-25-16-8-6-15(7-9-16)22-10-4-5-18(22)23/h6-9,14,17H,4-5,10-13H2,1-3H3/t14-,17+/m1/s1. The molecule has 2 fully saturated rings. The molecule has 2 amide bonds. The fourth-order valence-corrected chi connectivity index (χ4v) is 3.71. The summed E-state index contributed by atoms with van der Waals surface area (Å²) in [5, 5.41) is 0. The van der Waals surface area contributed by atoms with Crippen LogP contribution in [0.1, 0.15) is 19.8 Å². The molecule has 0 unspecified atom stereocenters. The number of anilines is 1. The van der Waals surface area contributed by atoms with E-state index in [2.05, 4.69) is 25.9 Å². The lowest BCUT2D eigenvalue weighted by Crippen LogP contribution is -2.37. The van der Waals surface area contributed by atoms with Crippen LogP contribution in [0.15, 0.2) is 24.3 Å². The molecule has 0 N–H and O–H groups in total. The molecule has 0 aromatic heterocycles. The summed E-state index contributed by atoms with van der Waals surface area (Å²) in [4.78, 5) is 30.0. The topological polar surface area (TPSA) is 53.1 Å². The van der Waals surface area contributed by atoms with Crippen molar-refractivity contribution in [2.45, 2.75) is 25.8 Å². The molecule has 25 heavy (non-hydrogen) atoms. The summed E-state index contributed by atoms with van der Waals surface area (Å²) >= 11 is 0. The molecule has 0 bridgehead atoms. The van der Waals surface area contributed by atoms with Crippen molar-refractivity contribution in [3.8, 4) is 5.75 Å². The predicted molar refractivity (Wildman–Crippen MR) is 96.7 cm³/mol. The van der Waals surface area contributed by atoms with Crippen LogP contribution in [-0.4, -0.2) is 68.0 Å². The van der Waals surface area contributed by atoms with E-state index in [0.717, 1.165) is 31.7 Å². The van der Waals surface area contributed by atoms with Gasteiger partial charge in [-0.05, 0) is 50.7 Å². The largest absolute Gasteiger partial charge is 0.484 e. The van der Waals surface area contributed by atoms with Crippen LogP contribution in [0.5, 0.6) is 5.75 Å². The summed E-state index contributed by atoms with van der Waals surface area (Å²) in [5.74, 6) is 1.31. The molecule has 6 nitrogen and oxygen atoms in total. The molecule has 0 radical (unpaired) electrons. The summed E-state index contributed by atoms with van der Waals surface area (Å²) in [6.07, 6.45) is 1.53. The van der Waals surface area contributed by atoms with Crippen LogP contribution in [0.4, 0.5) is 5.69 Å². The molecule has 2 aliphatic heterocycles. The van der Waals surface area contributed by atoms with Gasteiger partial charge in [0.15, 0.2) is 6.61 Å². The zero-order valence-corrected chi connectivity index (χ0v) is 15.3. The highest BCUT2D eigenvalue weighted by Crippen LogP contribution is 2.24. The molecular formula is C19H27N3O3. The van der Waals surface area contributed by atoms with E-state index in [1.165, 1.54) is 0 Å². The number of likely N-dealkylation sites (tertiary alicyclic amines) is 1. The zero-order chi connectivity index (χ0) is 18.0. The lowest BCUT2D eigenvalue weighted by atomic mass is 10.1. The van der Waals surface area contributed by atoms with Gasteiger partial charge in [0, 0.05) is 37.8 Å². The first-order valence-electron chi connectivity index (χ1n) is 8.93. The summed E-state index contributed by atoms with van der Waals surface area (Å²) in [7, 11) is 4.11. The summed E-state index contributed by atoms with van der Waals surface area (Å²) < 4.78 is 5.65. The Morgan fingerprint density at radius 1 is 1.24 bits per heavy atom. The number of ether oxygens (including phenoxy) is 1. The van der Waals surface area contributed by atoms with Crippen LogP contribution in [0, 0.1) is 5.92 Å². The van der Waals surface area contributed by atoms with Gasteiger partial charge in [0.25, 0.3) is 5.91 Å². The van der Waals surface area contributed by atoms with E-state index in [1.54, 1.807) is 4.90 Å². The zero-order valence-electron chi connectivity index (χ0n) is 15.3. The smallest absolute Gasteiger partial charge is 0.260 e. The Balaban J connectivity index is 1.52. The van der Waals surface area contributed by atoms with Gasteiger partial charge in [-0.15, -0.1) is 0 Å². The minimum atomic E-state index is 0.0231. The first kappa shape index (κ1) is 17.7. The van der Waals surface area contributed by atoms with E-state index < -0.39 is 0 Å². The minimum Gasteiger partial charge on any atom is -0.484 e. The summed E-state index contributed by atoms with van der Waals surface area (Å²) in [6, 6.07) is 7.81. The SMILES string of the molecule is C[C@@H]1CN(C(=O)COc2ccc(N3CCCC3=O)cc2)C[C@@H]1N(C)C. The van der Waals surface area contributed by atoms with Crippen molar-refractivity contribution in [2.75, 3.05) is 45.2 Å². The van der Waals surface area contributed by atoms with Gasteiger partial charge in [0.05, 0.1) is 0 Å². The maximum Gasteiger partial charge on any atom is 0.260 e. The Morgan fingerprint density at radius 2 is 1.96 bits per heavy atom. The second-order valence-electron chi connectivity index (χ2n) is 7.24. The van der Waals surface area contributed by atoms with Crippen molar-refractivity contribution in [1.29, 1.82) is 0 Å². The summed E-state index contributed by atoms with van der Waals surface area (Å²) in [5.41, 5.74) is 0.892. The number of carbonyl (C=O) groups excluding carboxylic acids is 2. The predicted octanol–water partition coefficient (Wildman–Crippen LogP) is 1.60. The molecule has 0 aliphatic carbocycles. The van der Waals surface area contributed by atoms with Gasteiger partial charge >= 0.3 is 0 Å². The molecule has 2 atom stereocenters. The molecule has 3 rings (SSSR count). The van der Waals surface area contributed by atoms with Crippen LogP contribution in [0.2, 0.25) is 0 Å². The second kappa shape index (κ2) is 7.44. The van der Waals surface area contributed by atoms with Gasteiger partial charge in [0.1, 0.15) is 5.75 Å². The van der Waals surface area contributed by atoms with E-state index in [4.69, 9.17) is 4.74 Å². The highest BCUT2D eigenvalue weighted by atomic mass is 16.5. The van der Waals surface area contributed by atoms with Crippen molar-refractivity contribution in [2.24, 2.45) is 5.92 Å². The van der Waals surface area contributed by atoms with Gasteiger partial charge in [-0.2, -0.15) is 0 Å². The second-order valence-corrected chi connectivity index (χ2v) is 7.24. The Kier molecular flexibility index (Phi) is 5.27. The minimum absolute atomic E-state index is 0.0231. The molecule has 2 heterocycles. The number of rotatable bonds is 5. The first-order chi connectivity index (χ1) is 12.0. The number of hydrogen-bond acceptors (Lipinski definition) is 4. The normalized spacial score (nSPS) is 23.6. The highest BCUT2D eigenvalue weighted by molar-refractivity contribution is 5.95. The lowest BCUT2D eigenvalue weighted by Gasteiger charge is -2.22. The van der Waals surface area contributed by atoms with Crippen LogP contribution < -0.4 is 9.64 Å². The maximum atomic E-state index is 12.4. The average molecular weight is 345 g/mol. The molecule has 0 saturated carbocycles. The van der Waals surface area contributed by atoms with Gasteiger partial charge in [0.2, 0.25) is 5.91 Å². The third-order valence-corrected chi connectivity index (χ3v) is 5.17. The number of carbonyl (C=O) groups is 2. The molecule has 1 aromatic carbocycles. The molecular weight excluding hydrogens is 318 g/mol. The fraction of sp³-hybridized carbons (Fsp3) is 0.579. The van der Waals surface area contributed by atoms with Crippen molar-refractivity contribution in [3.05, 3.63) is 24.3 Å². The molecule has 0 spiro atoms. The van der Waals surface area contributed by atoms with Gasteiger partial charge in [-0.1, -0.05) is 6.92 Å². The Labute approximate surface area is 149 Å². The molecule has 2 saturated heterocycles. The number of benzene rings is 1. The lowest BCUT2D eigenvalue weighted by molar-refractivity contribution is -0.132. The molecule has 6 heteroatoms. The van der Waals surface area contributed by atoms with Crippen molar-refractivity contribution in [1.82, 2.24) is 9.80 Å². The van der Waals surface area contributed by atoms with E-state index in [0.29, 0.717) is 24.1 Å². The summed E-state index contributed by atoms with van der Waals surface area (Å²) in [6.45, 7) is 4.54. The van der Waals surface area contributed by atoms with Crippen LogP contribution >= 0.6 is 0 Å². The van der Waals surface area contributed by atoms with E-state index in [-0.39, 0.29) is 18.4 Å². The maximum absolute atomic E-state index is 12.4. The first-order valence-corrected chi connectivity index (χ1v) is 8.93. The number of likely N-dealkylation sites (N-methyl/N-ethyl adjacent to an activating group) is 1. The van der Waals surface area contributed by atoms with Crippen molar-refractivity contribution < 1.29 is 14.3 Å². The van der Waals surface area contributed by atoms with Crippen LogP contribution in [0.25, 0.3) is 0 Å². The average Bonchev–Trinajstić information content (AvgIpc) is 3.19. The third-order valence-electron chi connectivity index (χ3n) is 5.17. The quantitative estimate of drug-likeness (QED) is 0.813. The van der Waals surface area contributed by atoms with Gasteiger partial charge < -0.3 is 19.4 Å². The fourth-order valence-electron chi connectivity index (χ4n) is 3.71. The van der Waals surface area contributed by atoms with E-state index in [9.17, 15) is 9.59 Å². The van der Waals surface area contributed by atoms with Crippen LogP contribution in [0.3, 0.4) is 0 Å². The van der Waals surface area contributed by atoms with Gasteiger partial charge in [-0.3, -0.25) is 9.59 Å². The highest BCUT2D eigenvalue weighted by Gasteiger charge is 2.33. The molecule has 2 aliphatic rings. The Bertz CT molecular complexity index is 629. The molecule has 1 aromatic rings. The van der Waals surface area contributed by atoms with Gasteiger partial charge in [-0.25, -0.2) is 0 Å². The van der Waals surface area contributed by atoms with E-state index >= 15 is 0 Å². The third kappa shape index (κ3) is 3.95. The Hall–Kier alpha value is -2.08. The number of hydrogen-bond donors (Lipinski definition) is 0. The number of amides is 2. The van der Waals surface area contributed by atoms with E-state index in [1.807, 2.05) is 29.2 Å². The van der Waals surface area contributed by atoms with Crippen molar-refractivity contribution >= 4 is 17.5 Å². The van der Waals surface area contributed by atoms with Crippen LogP contribution in [-0.2, 0) is 9.59 Å². The monoisotopic (exact) mass is 345 g/mol. The Morgan fingerprint density at radius 3 is 2.52 bits per heavy atom. The van der Waals surface area contributed by atoms with Crippen molar-refractivity contribution in [3.63, 3.8) is 0 Å².